The van der Waals surface area contributed by atoms with Crippen LogP contribution in [0.4, 0.5) is 0 Å². The fourth-order valence-corrected chi connectivity index (χ4v) is 4.26. The molecule has 1 saturated heterocycles. The lowest BCUT2D eigenvalue weighted by atomic mass is 9.69. The fourth-order valence-electron chi connectivity index (χ4n) is 4.26. The summed E-state index contributed by atoms with van der Waals surface area (Å²) in [6.45, 7) is 12.3. The van der Waals surface area contributed by atoms with Crippen molar-refractivity contribution in [2.45, 2.75) is 85.2 Å². The SMILES string of the molecule is CC(C)(C)C1CCCCC1NC(=O)C1NCCCC1(C)C. The van der Waals surface area contributed by atoms with Crippen LogP contribution < -0.4 is 10.6 Å². The van der Waals surface area contributed by atoms with Crippen molar-refractivity contribution >= 4 is 5.91 Å². The molecule has 2 fully saturated rings. The Morgan fingerprint density at radius 1 is 1.14 bits per heavy atom. The topological polar surface area (TPSA) is 41.1 Å². The van der Waals surface area contributed by atoms with Gasteiger partial charge in [-0.05, 0) is 49.0 Å². The molecule has 0 radical (unpaired) electrons. The number of carbonyl (C=O) groups is 1. The van der Waals surface area contributed by atoms with Gasteiger partial charge in [0.1, 0.15) is 0 Å². The van der Waals surface area contributed by atoms with E-state index in [2.05, 4.69) is 45.3 Å². The second-order valence-corrected chi connectivity index (χ2v) is 8.85. The van der Waals surface area contributed by atoms with Crippen LogP contribution in [0.3, 0.4) is 0 Å². The highest BCUT2D eigenvalue weighted by Crippen LogP contribution is 2.38. The molecule has 3 heteroatoms. The lowest BCUT2D eigenvalue weighted by molar-refractivity contribution is -0.128. The molecule has 1 amide bonds. The first-order valence-electron chi connectivity index (χ1n) is 8.75. The van der Waals surface area contributed by atoms with Gasteiger partial charge in [0, 0.05) is 6.04 Å². The summed E-state index contributed by atoms with van der Waals surface area (Å²) in [7, 11) is 0. The van der Waals surface area contributed by atoms with E-state index in [1.165, 1.54) is 25.7 Å². The first-order valence-corrected chi connectivity index (χ1v) is 8.75. The molecule has 1 aliphatic heterocycles. The van der Waals surface area contributed by atoms with Gasteiger partial charge in [0.15, 0.2) is 0 Å². The number of rotatable bonds is 2. The molecule has 122 valence electrons. The van der Waals surface area contributed by atoms with E-state index in [0.717, 1.165) is 19.4 Å². The summed E-state index contributed by atoms with van der Waals surface area (Å²) in [6.07, 6.45) is 7.24. The molecule has 0 aromatic rings. The van der Waals surface area contributed by atoms with Crippen LogP contribution in [0, 0.1) is 16.7 Å². The van der Waals surface area contributed by atoms with Gasteiger partial charge < -0.3 is 10.6 Å². The third kappa shape index (κ3) is 4.00. The Kier molecular flexibility index (Phi) is 5.02. The summed E-state index contributed by atoms with van der Waals surface area (Å²) in [5.41, 5.74) is 0.335. The van der Waals surface area contributed by atoms with Crippen molar-refractivity contribution in [1.82, 2.24) is 10.6 Å². The molecule has 21 heavy (non-hydrogen) atoms. The third-order valence-electron chi connectivity index (χ3n) is 5.60. The van der Waals surface area contributed by atoms with Gasteiger partial charge in [0.25, 0.3) is 0 Å². The first-order chi connectivity index (χ1) is 9.72. The summed E-state index contributed by atoms with van der Waals surface area (Å²) < 4.78 is 0. The predicted octanol–water partition coefficient (Wildman–Crippen LogP) is 3.49. The Labute approximate surface area is 130 Å². The molecule has 1 aliphatic carbocycles. The quantitative estimate of drug-likeness (QED) is 0.818. The Balaban J connectivity index is 2.03. The normalized spacial score (nSPS) is 33.5. The third-order valence-corrected chi connectivity index (χ3v) is 5.60. The monoisotopic (exact) mass is 294 g/mol. The van der Waals surface area contributed by atoms with Crippen molar-refractivity contribution in [1.29, 1.82) is 0 Å². The van der Waals surface area contributed by atoms with E-state index < -0.39 is 0 Å². The van der Waals surface area contributed by atoms with Crippen molar-refractivity contribution in [3.05, 3.63) is 0 Å². The first kappa shape index (κ1) is 16.8. The van der Waals surface area contributed by atoms with E-state index in [0.29, 0.717) is 12.0 Å². The number of carbonyl (C=O) groups excluding carboxylic acids is 1. The lowest BCUT2D eigenvalue weighted by Crippen LogP contribution is -2.59. The number of hydrogen-bond donors (Lipinski definition) is 2. The zero-order chi connectivity index (χ0) is 15.7. The smallest absolute Gasteiger partial charge is 0.237 e. The van der Waals surface area contributed by atoms with Gasteiger partial charge in [-0.2, -0.15) is 0 Å². The lowest BCUT2D eigenvalue weighted by Gasteiger charge is -2.43. The van der Waals surface area contributed by atoms with Crippen molar-refractivity contribution < 1.29 is 4.79 Å². The van der Waals surface area contributed by atoms with Crippen LogP contribution in [-0.4, -0.2) is 24.5 Å². The van der Waals surface area contributed by atoms with Crippen molar-refractivity contribution in [2.75, 3.05) is 6.54 Å². The summed E-state index contributed by atoms with van der Waals surface area (Å²) in [6, 6.07) is 0.319. The molecule has 1 saturated carbocycles. The van der Waals surface area contributed by atoms with Crippen LogP contribution in [0.25, 0.3) is 0 Å². The van der Waals surface area contributed by atoms with Gasteiger partial charge in [-0.15, -0.1) is 0 Å². The standard InChI is InChI=1S/C18H34N2O/c1-17(2,3)13-9-6-7-10-14(13)20-16(21)15-18(4,5)11-8-12-19-15/h13-15,19H,6-12H2,1-5H3,(H,20,21). The predicted molar refractivity (Wildman–Crippen MR) is 88.1 cm³/mol. The van der Waals surface area contributed by atoms with Crippen molar-refractivity contribution in [2.24, 2.45) is 16.7 Å². The zero-order valence-corrected chi connectivity index (χ0v) is 14.6. The van der Waals surface area contributed by atoms with Gasteiger partial charge in [-0.25, -0.2) is 0 Å². The Bertz CT molecular complexity index is 370. The number of hydrogen-bond acceptors (Lipinski definition) is 2. The van der Waals surface area contributed by atoms with Crippen LogP contribution in [0.15, 0.2) is 0 Å². The van der Waals surface area contributed by atoms with Gasteiger partial charge in [-0.1, -0.05) is 47.5 Å². The number of piperidine rings is 1. The van der Waals surface area contributed by atoms with E-state index in [9.17, 15) is 4.79 Å². The van der Waals surface area contributed by atoms with E-state index >= 15 is 0 Å². The minimum absolute atomic E-state index is 0.0335. The van der Waals surface area contributed by atoms with Crippen molar-refractivity contribution in [3.63, 3.8) is 0 Å². The molecule has 2 N–H and O–H groups in total. The molecular weight excluding hydrogens is 260 g/mol. The van der Waals surface area contributed by atoms with Crippen LogP contribution in [-0.2, 0) is 4.79 Å². The molecule has 2 aliphatic rings. The van der Waals surface area contributed by atoms with Gasteiger partial charge >= 0.3 is 0 Å². The minimum Gasteiger partial charge on any atom is -0.352 e. The summed E-state index contributed by atoms with van der Waals surface area (Å²) in [4.78, 5) is 12.8. The number of amides is 1. The molecule has 3 unspecified atom stereocenters. The van der Waals surface area contributed by atoms with Gasteiger partial charge in [0.05, 0.1) is 6.04 Å². The minimum atomic E-state index is -0.0335. The molecular formula is C18H34N2O. The van der Waals surface area contributed by atoms with Crippen LogP contribution in [0.5, 0.6) is 0 Å². The summed E-state index contributed by atoms with van der Waals surface area (Å²) in [5, 5.41) is 6.84. The molecule has 3 atom stereocenters. The maximum absolute atomic E-state index is 12.8. The molecule has 0 bridgehead atoms. The summed E-state index contributed by atoms with van der Waals surface area (Å²) >= 11 is 0. The van der Waals surface area contributed by atoms with Crippen LogP contribution >= 0.6 is 0 Å². The number of nitrogens with one attached hydrogen (secondary N) is 2. The van der Waals surface area contributed by atoms with Crippen LogP contribution in [0.2, 0.25) is 0 Å². The van der Waals surface area contributed by atoms with Crippen LogP contribution in [0.1, 0.15) is 73.1 Å². The largest absolute Gasteiger partial charge is 0.352 e. The van der Waals surface area contributed by atoms with E-state index in [1.807, 2.05) is 0 Å². The second-order valence-electron chi connectivity index (χ2n) is 8.85. The second kappa shape index (κ2) is 6.28. The highest BCUT2D eigenvalue weighted by Gasteiger charge is 2.40. The fraction of sp³-hybridized carbons (Fsp3) is 0.944. The summed E-state index contributed by atoms with van der Waals surface area (Å²) in [5.74, 6) is 0.822. The highest BCUT2D eigenvalue weighted by molar-refractivity contribution is 5.83. The zero-order valence-electron chi connectivity index (χ0n) is 14.6. The van der Waals surface area contributed by atoms with Gasteiger partial charge in [-0.3, -0.25) is 4.79 Å². The van der Waals surface area contributed by atoms with Crippen molar-refractivity contribution in [3.8, 4) is 0 Å². The Morgan fingerprint density at radius 2 is 1.81 bits per heavy atom. The van der Waals surface area contributed by atoms with E-state index in [4.69, 9.17) is 0 Å². The van der Waals surface area contributed by atoms with Gasteiger partial charge in [0.2, 0.25) is 5.91 Å². The molecule has 2 rings (SSSR count). The molecule has 3 nitrogen and oxygen atoms in total. The van der Waals surface area contributed by atoms with E-state index in [-0.39, 0.29) is 22.8 Å². The Morgan fingerprint density at radius 3 is 2.43 bits per heavy atom. The average molecular weight is 294 g/mol. The maximum atomic E-state index is 12.8. The highest BCUT2D eigenvalue weighted by atomic mass is 16.2. The van der Waals surface area contributed by atoms with E-state index in [1.54, 1.807) is 0 Å². The average Bonchev–Trinajstić information content (AvgIpc) is 2.37. The molecule has 0 aromatic heterocycles. The molecule has 0 spiro atoms. The molecule has 1 heterocycles. The molecule has 0 aromatic carbocycles. The maximum Gasteiger partial charge on any atom is 0.237 e. The Hall–Kier alpha value is -0.570.